The predicted octanol–water partition coefficient (Wildman–Crippen LogP) is 3.81. The highest BCUT2D eigenvalue weighted by Crippen LogP contribution is 2.37. The maximum atomic E-state index is 3.57. The lowest BCUT2D eigenvalue weighted by molar-refractivity contribution is 0.526. The van der Waals surface area contributed by atoms with Gasteiger partial charge in [0, 0.05) is 23.5 Å². The second-order valence-corrected chi connectivity index (χ2v) is 5.49. The topological polar surface area (TPSA) is 16.4 Å². The van der Waals surface area contributed by atoms with Crippen LogP contribution in [0.5, 0.6) is 0 Å². The van der Waals surface area contributed by atoms with E-state index in [9.17, 15) is 0 Å². The Bertz CT molecular complexity index is 756. The molecule has 3 aromatic rings. The Morgan fingerprint density at radius 2 is 1.85 bits per heavy atom. The second kappa shape index (κ2) is 4.50. The van der Waals surface area contributed by atoms with Crippen molar-refractivity contribution in [3.63, 3.8) is 0 Å². The monoisotopic (exact) mass is 262 g/mol. The minimum atomic E-state index is 0.408. The third-order valence-corrected chi connectivity index (χ3v) is 4.28. The normalized spacial score (nSPS) is 18.1. The van der Waals surface area contributed by atoms with E-state index in [2.05, 4.69) is 71.4 Å². The van der Waals surface area contributed by atoms with Crippen LogP contribution in [0.3, 0.4) is 0 Å². The number of aromatic nitrogens is 1. The molecule has 2 heteroatoms. The molecule has 1 aromatic carbocycles. The van der Waals surface area contributed by atoms with Crippen LogP contribution in [0.2, 0.25) is 0 Å². The molecule has 100 valence electrons. The lowest BCUT2D eigenvalue weighted by Crippen LogP contribution is -2.28. The van der Waals surface area contributed by atoms with Gasteiger partial charge in [0.05, 0.1) is 5.52 Å². The summed E-state index contributed by atoms with van der Waals surface area (Å²) in [6, 6.07) is 17.6. The van der Waals surface area contributed by atoms with Crippen LogP contribution in [0.4, 0.5) is 0 Å². The molecule has 2 nitrogen and oxygen atoms in total. The van der Waals surface area contributed by atoms with E-state index in [1.807, 2.05) is 0 Å². The van der Waals surface area contributed by atoms with Crippen molar-refractivity contribution in [1.29, 1.82) is 0 Å². The molecule has 0 bridgehead atoms. The largest absolute Gasteiger partial charge is 0.318 e. The average molecular weight is 262 g/mol. The third kappa shape index (κ3) is 1.61. The molecule has 1 aliphatic heterocycles. The number of nitrogens with zero attached hydrogens (tertiary/aromatic N) is 1. The van der Waals surface area contributed by atoms with Crippen molar-refractivity contribution in [3.05, 3.63) is 66.0 Å². The first-order chi connectivity index (χ1) is 9.86. The highest BCUT2D eigenvalue weighted by atomic mass is 15.0. The fraction of sp³-hybridized carbons (Fsp3) is 0.222. The van der Waals surface area contributed by atoms with Gasteiger partial charge in [0.15, 0.2) is 0 Å². The van der Waals surface area contributed by atoms with Gasteiger partial charge >= 0.3 is 0 Å². The minimum absolute atomic E-state index is 0.408. The average Bonchev–Trinajstić information content (AvgIpc) is 2.84. The number of rotatable bonds is 1. The molecule has 1 aliphatic rings. The van der Waals surface area contributed by atoms with Crippen LogP contribution in [-0.4, -0.2) is 10.9 Å². The quantitative estimate of drug-likeness (QED) is 0.705. The Balaban J connectivity index is 2.10. The van der Waals surface area contributed by atoms with E-state index < -0.39 is 0 Å². The molecule has 0 radical (unpaired) electrons. The Morgan fingerprint density at radius 1 is 1.05 bits per heavy atom. The molecular formula is C18H18N2. The van der Waals surface area contributed by atoms with Gasteiger partial charge < -0.3 is 9.72 Å². The number of hydrogen-bond donors (Lipinski definition) is 1. The maximum Gasteiger partial charge on any atom is 0.0534 e. The molecular weight excluding hydrogens is 244 g/mol. The summed E-state index contributed by atoms with van der Waals surface area (Å²) in [6.45, 7) is 3.32. The Labute approximate surface area is 119 Å². The fourth-order valence-electron chi connectivity index (χ4n) is 3.45. The van der Waals surface area contributed by atoms with Gasteiger partial charge in [-0.15, -0.1) is 0 Å². The SMILES string of the molecule is CC1NCCc2c(-c3ccccc3)c3ccccn3c21. The summed E-state index contributed by atoms with van der Waals surface area (Å²) < 4.78 is 2.36. The smallest absolute Gasteiger partial charge is 0.0534 e. The van der Waals surface area contributed by atoms with Crippen molar-refractivity contribution >= 4 is 5.52 Å². The zero-order valence-electron chi connectivity index (χ0n) is 11.6. The Hall–Kier alpha value is -2.06. The highest BCUT2D eigenvalue weighted by Gasteiger charge is 2.25. The second-order valence-electron chi connectivity index (χ2n) is 5.49. The van der Waals surface area contributed by atoms with E-state index >= 15 is 0 Å². The van der Waals surface area contributed by atoms with Crippen molar-refractivity contribution in [1.82, 2.24) is 9.72 Å². The van der Waals surface area contributed by atoms with E-state index in [0.717, 1.165) is 13.0 Å². The number of pyridine rings is 1. The van der Waals surface area contributed by atoms with Gasteiger partial charge in [0.2, 0.25) is 0 Å². The molecule has 0 saturated heterocycles. The summed E-state index contributed by atoms with van der Waals surface area (Å²) in [5.41, 5.74) is 6.99. The van der Waals surface area contributed by atoms with Gasteiger partial charge in [0.1, 0.15) is 0 Å². The van der Waals surface area contributed by atoms with Gasteiger partial charge in [-0.2, -0.15) is 0 Å². The lowest BCUT2D eigenvalue weighted by atomic mass is 9.95. The molecule has 0 fully saturated rings. The predicted molar refractivity (Wildman–Crippen MR) is 83.0 cm³/mol. The van der Waals surface area contributed by atoms with Crippen LogP contribution in [0.25, 0.3) is 16.6 Å². The third-order valence-electron chi connectivity index (χ3n) is 4.28. The van der Waals surface area contributed by atoms with Crippen molar-refractivity contribution < 1.29 is 0 Å². The van der Waals surface area contributed by atoms with Crippen molar-refractivity contribution in [2.75, 3.05) is 6.54 Å². The van der Waals surface area contributed by atoms with Gasteiger partial charge in [0.25, 0.3) is 0 Å². The minimum Gasteiger partial charge on any atom is -0.318 e. The molecule has 0 amide bonds. The van der Waals surface area contributed by atoms with E-state index in [4.69, 9.17) is 0 Å². The molecule has 1 unspecified atom stereocenters. The zero-order chi connectivity index (χ0) is 13.5. The van der Waals surface area contributed by atoms with Gasteiger partial charge in [-0.1, -0.05) is 36.4 Å². The molecule has 3 heterocycles. The van der Waals surface area contributed by atoms with Crippen LogP contribution in [-0.2, 0) is 6.42 Å². The van der Waals surface area contributed by atoms with Crippen LogP contribution >= 0.6 is 0 Å². The summed E-state index contributed by atoms with van der Waals surface area (Å²) in [4.78, 5) is 0. The molecule has 0 saturated carbocycles. The number of fused-ring (bicyclic) bond motifs is 3. The van der Waals surface area contributed by atoms with Crippen LogP contribution in [0, 0.1) is 0 Å². The number of nitrogens with one attached hydrogen (secondary N) is 1. The van der Waals surface area contributed by atoms with E-state index in [1.165, 1.54) is 27.9 Å². The number of benzene rings is 1. The van der Waals surface area contributed by atoms with Crippen molar-refractivity contribution in [2.24, 2.45) is 0 Å². The van der Waals surface area contributed by atoms with Crippen molar-refractivity contribution in [2.45, 2.75) is 19.4 Å². The standard InChI is InChI=1S/C18H18N2/c1-13-18-15(10-11-19-13)17(14-7-3-2-4-8-14)16-9-5-6-12-20(16)18/h2-9,12-13,19H,10-11H2,1H3. The highest BCUT2D eigenvalue weighted by molar-refractivity contribution is 5.85. The summed E-state index contributed by atoms with van der Waals surface area (Å²) in [5.74, 6) is 0. The lowest BCUT2D eigenvalue weighted by Gasteiger charge is -2.22. The fourth-order valence-corrected chi connectivity index (χ4v) is 3.45. The summed E-state index contributed by atoms with van der Waals surface area (Å²) in [6.07, 6.45) is 3.29. The van der Waals surface area contributed by atoms with Crippen LogP contribution in [0.1, 0.15) is 24.2 Å². The Kier molecular flexibility index (Phi) is 2.64. The molecule has 0 spiro atoms. The first-order valence-corrected chi connectivity index (χ1v) is 7.27. The molecule has 1 atom stereocenters. The zero-order valence-corrected chi connectivity index (χ0v) is 11.6. The molecule has 2 aromatic heterocycles. The van der Waals surface area contributed by atoms with Gasteiger partial charge in [-0.25, -0.2) is 0 Å². The van der Waals surface area contributed by atoms with Crippen LogP contribution in [0.15, 0.2) is 54.7 Å². The van der Waals surface area contributed by atoms with E-state index in [1.54, 1.807) is 0 Å². The maximum absolute atomic E-state index is 3.57. The molecule has 0 aliphatic carbocycles. The van der Waals surface area contributed by atoms with Crippen LogP contribution < -0.4 is 5.32 Å². The Morgan fingerprint density at radius 3 is 2.70 bits per heavy atom. The molecule has 1 N–H and O–H groups in total. The molecule has 4 rings (SSSR count). The van der Waals surface area contributed by atoms with E-state index in [0.29, 0.717) is 6.04 Å². The number of hydrogen-bond acceptors (Lipinski definition) is 1. The summed E-state index contributed by atoms with van der Waals surface area (Å²) >= 11 is 0. The summed E-state index contributed by atoms with van der Waals surface area (Å²) in [7, 11) is 0. The first-order valence-electron chi connectivity index (χ1n) is 7.27. The van der Waals surface area contributed by atoms with Crippen molar-refractivity contribution in [3.8, 4) is 11.1 Å². The van der Waals surface area contributed by atoms with Gasteiger partial charge in [-0.05, 0) is 43.1 Å². The van der Waals surface area contributed by atoms with Gasteiger partial charge in [-0.3, -0.25) is 0 Å². The molecule has 20 heavy (non-hydrogen) atoms. The first kappa shape index (κ1) is 11.7. The summed E-state index contributed by atoms with van der Waals surface area (Å²) in [5, 5.41) is 3.57. The van der Waals surface area contributed by atoms with E-state index in [-0.39, 0.29) is 0 Å².